The second-order valence-electron chi connectivity index (χ2n) is 5.11. The van der Waals surface area contributed by atoms with Crippen molar-refractivity contribution in [3.63, 3.8) is 0 Å². The van der Waals surface area contributed by atoms with Gasteiger partial charge in [-0.15, -0.1) is 10.2 Å². The molecule has 126 valence electrons. The van der Waals surface area contributed by atoms with Crippen molar-refractivity contribution in [3.05, 3.63) is 70.5 Å². The first-order valence-corrected chi connectivity index (χ1v) is 8.02. The monoisotopic (exact) mass is 355 g/mol. The number of carbonyl (C=O) groups excluding carboxylic acids is 1. The van der Waals surface area contributed by atoms with Crippen LogP contribution in [0.3, 0.4) is 0 Å². The molecule has 8 nitrogen and oxygen atoms in total. The molecule has 0 radical (unpaired) electrons. The predicted octanol–water partition coefficient (Wildman–Crippen LogP) is 3.13. The number of amides is 1. The van der Waals surface area contributed by atoms with Gasteiger partial charge in [-0.1, -0.05) is 0 Å². The van der Waals surface area contributed by atoms with Gasteiger partial charge in [0.2, 0.25) is 0 Å². The maximum atomic E-state index is 12.2. The number of hydrogen-bond acceptors (Lipinski definition) is 6. The lowest BCUT2D eigenvalue weighted by Gasteiger charge is -2.06. The zero-order chi connectivity index (χ0) is 17.8. The van der Waals surface area contributed by atoms with E-state index in [0.717, 1.165) is 10.1 Å². The zero-order valence-electron chi connectivity index (χ0n) is 13.1. The van der Waals surface area contributed by atoms with Crippen LogP contribution >= 0.6 is 11.8 Å². The molecular formula is C16H13N5O3S. The first-order chi connectivity index (χ1) is 12.0. The molecule has 0 aliphatic rings. The van der Waals surface area contributed by atoms with E-state index in [2.05, 4.69) is 15.5 Å². The normalized spacial score (nSPS) is 10.4. The highest BCUT2D eigenvalue weighted by Crippen LogP contribution is 2.26. The van der Waals surface area contributed by atoms with Gasteiger partial charge in [0.15, 0.2) is 5.16 Å². The number of nitrogens with one attached hydrogen (secondary N) is 1. The number of nitro benzene ring substituents is 1. The lowest BCUT2D eigenvalue weighted by atomic mass is 10.2. The highest BCUT2D eigenvalue weighted by Gasteiger charge is 2.10. The number of aryl methyl sites for hydroxylation is 1. The van der Waals surface area contributed by atoms with Crippen LogP contribution in [0.25, 0.3) is 0 Å². The Hall–Kier alpha value is -3.20. The van der Waals surface area contributed by atoms with Crippen molar-refractivity contribution in [3.8, 4) is 0 Å². The number of aromatic nitrogens is 3. The molecule has 0 atom stereocenters. The Morgan fingerprint density at radius 1 is 1.16 bits per heavy atom. The summed E-state index contributed by atoms with van der Waals surface area (Å²) < 4.78 is 1.81. The lowest BCUT2D eigenvalue weighted by Crippen LogP contribution is -2.11. The number of hydrogen-bond donors (Lipinski definition) is 1. The molecule has 1 amide bonds. The fraction of sp³-hybridized carbons (Fsp3) is 0.0625. The molecule has 0 bridgehead atoms. The third kappa shape index (κ3) is 4.01. The number of non-ortho nitro benzene ring substituents is 1. The Balaban J connectivity index is 1.65. The van der Waals surface area contributed by atoms with E-state index in [9.17, 15) is 14.9 Å². The molecular weight excluding hydrogens is 342 g/mol. The molecule has 2 aromatic carbocycles. The average Bonchev–Trinajstić information content (AvgIpc) is 3.01. The fourth-order valence-corrected chi connectivity index (χ4v) is 2.78. The largest absolute Gasteiger partial charge is 0.322 e. The van der Waals surface area contributed by atoms with E-state index in [1.165, 1.54) is 36.0 Å². The summed E-state index contributed by atoms with van der Waals surface area (Å²) in [6.45, 7) is 0. The van der Waals surface area contributed by atoms with Crippen molar-refractivity contribution in [1.82, 2.24) is 14.8 Å². The summed E-state index contributed by atoms with van der Waals surface area (Å²) in [7, 11) is 1.86. The number of carbonyl (C=O) groups is 1. The standard InChI is InChI=1S/C16H13N5O3S/c1-20-10-17-19-16(20)25-14-8-4-12(5-9-14)18-15(22)11-2-6-13(7-3-11)21(23)24/h2-10H,1H3,(H,18,22). The van der Waals surface area contributed by atoms with Gasteiger partial charge in [0.25, 0.3) is 11.6 Å². The van der Waals surface area contributed by atoms with Gasteiger partial charge in [0.05, 0.1) is 4.92 Å². The van der Waals surface area contributed by atoms with E-state index in [0.29, 0.717) is 11.3 Å². The zero-order valence-corrected chi connectivity index (χ0v) is 13.9. The van der Waals surface area contributed by atoms with Crippen LogP contribution in [0, 0.1) is 10.1 Å². The van der Waals surface area contributed by atoms with Gasteiger partial charge in [-0.05, 0) is 48.2 Å². The van der Waals surface area contributed by atoms with E-state index in [4.69, 9.17) is 0 Å². The smallest absolute Gasteiger partial charge is 0.269 e. The number of anilines is 1. The molecule has 25 heavy (non-hydrogen) atoms. The molecule has 1 aromatic heterocycles. The van der Waals surface area contributed by atoms with E-state index in [-0.39, 0.29) is 11.6 Å². The summed E-state index contributed by atoms with van der Waals surface area (Å²) >= 11 is 1.46. The van der Waals surface area contributed by atoms with E-state index in [1.54, 1.807) is 18.5 Å². The van der Waals surface area contributed by atoms with Gasteiger partial charge in [-0.3, -0.25) is 14.9 Å². The van der Waals surface area contributed by atoms with Crippen molar-refractivity contribution >= 4 is 29.0 Å². The van der Waals surface area contributed by atoms with E-state index >= 15 is 0 Å². The summed E-state index contributed by atoms with van der Waals surface area (Å²) in [5, 5.41) is 22.0. The molecule has 0 saturated heterocycles. The topological polar surface area (TPSA) is 103 Å². The van der Waals surface area contributed by atoms with Gasteiger partial charge < -0.3 is 9.88 Å². The summed E-state index contributed by atoms with van der Waals surface area (Å²) in [5.74, 6) is -0.330. The van der Waals surface area contributed by atoms with Crippen molar-refractivity contribution in [2.75, 3.05) is 5.32 Å². The third-order valence-corrected chi connectivity index (χ3v) is 4.39. The lowest BCUT2D eigenvalue weighted by molar-refractivity contribution is -0.384. The van der Waals surface area contributed by atoms with Gasteiger partial charge in [0.1, 0.15) is 6.33 Å². The molecule has 1 heterocycles. The maximum absolute atomic E-state index is 12.2. The first-order valence-electron chi connectivity index (χ1n) is 7.20. The second-order valence-corrected chi connectivity index (χ2v) is 6.15. The number of rotatable bonds is 5. The maximum Gasteiger partial charge on any atom is 0.269 e. The van der Waals surface area contributed by atoms with Crippen molar-refractivity contribution < 1.29 is 9.72 Å². The molecule has 0 aliphatic heterocycles. The highest BCUT2D eigenvalue weighted by molar-refractivity contribution is 7.99. The SMILES string of the molecule is Cn1cnnc1Sc1ccc(NC(=O)c2ccc([N+](=O)[O-])cc2)cc1. The van der Waals surface area contributed by atoms with E-state index in [1.807, 2.05) is 23.7 Å². The number of benzene rings is 2. The van der Waals surface area contributed by atoms with Crippen molar-refractivity contribution in [2.45, 2.75) is 10.1 Å². The first kappa shape index (κ1) is 16.7. The highest BCUT2D eigenvalue weighted by atomic mass is 32.2. The quantitative estimate of drug-likeness (QED) is 0.557. The Morgan fingerprint density at radius 3 is 2.40 bits per heavy atom. The molecule has 9 heteroatoms. The molecule has 3 rings (SSSR count). The molecule has 0 saturated carbocycles. The van der Waals surface area contributed by atoms with Crippen LogP contribution in [-0.2, 0) is 7.05 Å². The average molecular weight is 355 g/mol. The molecule has 0 unspecified atom stereocenters. The molecule has 0 fully saturated rings. The van der Waals surface area contributed by atoms with Gasteiger partial charge >= 0.3 is 0 Å². The van der Waals surface area contributed by atoms with Crippen molar-refractivity contribution in [1.29, 1.82) is 0 Å². The minimum Gasteiger partial charge on any atom is -0.322 e. The van der Waals surface area contributed by atoms with Crippen LogP contribution in [0.15, 0.2) is 64.9 Å². The minimum atomic E-state index is -0.505. The van der Waals surface area contributed by atoms with Crippen LogP contribution < -0.4 is 5.32 Å². The van der Waals surface area contributed by atoms with Crippen LogP contribution in [0.5, 0.6) is 0 Å². The van der Waals surface area contributed by atoms with Crippen LogP contribution in [0.1, 0.15) is 10.4 Å². The third-order valence-electron chi connectivity index (χ3n) is 3.33. The predicted molar refractivity (Wildman–Crippen MR) is 92.6 cm³/mol. The summed E-state index contributed by atoms with van der Waals surface area (Å²) in [5.41, 5.74) is 0.926. The molecule has 3 aromatic rings. The van der Waals surface area contributed by atoms with Crippen LogP contribution in [0.2, 0.25) is 0 Å². The fourth-order valence-electron chi connectivity index (χ4n) is 2.01. The van der Waals surface area contributed by atoms with Crippen LogP contribution in [0.4, 0.5) is 11.4 Å². The van der Waals surface area contributed by atoms with Crippen molar-refractivity contribution in [2.24, 2.45) is 7.05 Å². The molecule has 0 spiro atoms. The Morgan fingerprint density at radius 2 is 1.84 bits per heavy atom. The van der Waals surface area contributed by atoms with Gasteiger partial charge in [-0.25, -0.2) is 0 Å². The summed E-state index contributed by atoms with van der Waals surface area (Å²) in [6.07, 6.45) is 1.63. The van der Waals surface area contributed by atoms with Gasteiger partial charge in [0, 0.05) is 35.3 Å². The number of nitro groups is 1. The minimum absolute atomic E-state index is 0.0540. The molecule has 1 N–H and O–H groups in total. The molecule has 0 aliphatic carbocycles. The summed E-state index contributed by atoms with van der Waals surface area (Å²) in [6, 6.07) is 12.7. The Kier molecular flexibility index (Phi) is 4.75. The second kappa shape index (κ2) is 7.14. The van der Waals surface area contributed by atoms with E-state index < -0.39 is 4.92 Å². The Labute approximate surface area is 147 Å². The van der Waals surface area contributed by atoms with Crippen LogP contribution in [-0.4, -0.2) is 25.6 Å². The summed E-state index contributed by atoms with van der Waals surface area (Å²) in [4.78, 5) is 23.3. The Bertz CT molecular complexity index is 906. The van der Waals surface area contributed by atoms with Gasteiger partial charge in [-0.2, -0.15) is 0 Å². The number of nitrogens with zero attached hydrogens (tertiary/aromatic N) is 4.